The fraction of sp³-hybridized carbons (Fsp3) is 0.0377. The van der Waals surface area contributed by atoms with Gasteiger partial charge in [0.2, 0.25) is 0 Å². The minimum absolute atomic E-state index is 0.0442. The average Bonchev–Trinajstić information content (AvgIpc) is 3.84. The second kappa shape index (κ2) is 12.0. The molecule has 0 saturated carbocycles. The lowest BCUT2D eigenvalue weighted by molar-refractivity contribution is 0.669. The molecule has 0 amide bonds. The van der Waals surface area contributed by atoms with Gasteiger partial charge in [0.15, 0.2) is 17.5 Å². The summed E-state index contributed by atoms with van der Waals surface area (Å²) in [4.78, 5) is 14.4. The zero-order valence-corrected chi connectivity index (χ0v) is 30.4. The molecule has 2 heterocycles. The van der Waals surface area contributed by atoms with E-state index in [0.29, 0.717) is 5.56 Å². The van der Waals surface area contributed by atoms with Crippen LogP contribution in [0.15, 0.2) is 186 Å². The Morgan fingerprint density at radius 1 is 0.474 bits per heavy atom. The van der Waals surface area contributed by atoms with Crippen LogP contribution in [0, 0.1) is 6.92 Å². The van der Waals surface area contributed by atoms with Gasteiger partial charge in [0, 0.05) is 33.0 Å². The van der Waals surface area contributed by atoms with Gasteiger partial charge in [-0.05, 0) is 75.2 Å². The molecule has 2 aliphatic carbocycles. The Labute approximate surface area is 342 Å². The number of benzene rings is 8. The molecule has 0 N–H and O–H groups in total. The normalized spacial score (nSPS) is 17.0. The van der Waals surface area contributed by atoms with E-state index in [4.69, 9.17) is 26.7 Å². The summed E-state index contributed by atoms with van der Waals surface area (Å²) >= 11 is 0. The highest BCUT2D eigenvalue weighted by molar-refractivity contribution is 6.13. The zero-order chi connectivity index (χ0) is 45.5. The Balaban J connectivity index is 1.22. The third-order valence-electron chi connectivity index (χ3n) is 11.4. The van der Waals surface area contributed by atoms with Gasteiger partial charge in [0.05, 0.1) is 17.8 Å². The zero-order valence-electron chi connectivity index (χ0n) is 39.4. The molecule has 1 atom stereocenters. The van der Waals surface area contributed by atoms with Crippen LogP contribution in [-0.2, 0) is 5.41 Å². The molecule has 0 saturated heterocycles. The summed E-state index contributed by atoms with van der Waals surface area (Å²) in [6.07, 6.45) is 0. The van der Waals surface area contributed by atoms with Crippen molar-refractivity contribution in [2.45, 2.75) is 12.3 Å². The number of hydrogen-bond acceptors (Lipinski definition) is 4. The number of furan rings is 1. The van der Waals surface area contributed by atoms with Crippen molar-refractivity contribution in [3.8, 4) is 67.5 Å². The van der Waals surface area contributed by atoms with Crippen LogP contribution in [-0.4, -0.2) is 15.0 Å². The van der Waals surface area contributed by atoms with Gasteiger partial charge in [0.1, 0.15) is 11.2 Å². The van der Waals surface area contributed by atoms with Gasteiger partial charge in [0.25, 0.3) is 0 Å². The number of para-hydroxylation sites is 1. The quantitative estimate of drug-likeness (QED) is 0.181. The molecule has 0 bridgehead atoms. The fourth-order valence-corrected chi connectivity index (χ4v) is 9.13. The fourth-order valence-electron chi connectivity index (χ4n) is 9.13. The highest BCUT2D eigenvalue weighted by Crippen LogP contribution is 2.63. The Hall–Kier alpha value is -7.43. The Kier molecular flexibility index (Phi) is 5.10. The van der Waals surface area contributed by atoms with Crippen LogP contribution < -0.4 is 0 Å². The van der Waals surface area contributed by atoms with Gasteiger partial charge in [-0.3, -0.25) is 0 Å². The first-order valence-corrected chi connectivity index (χ1v) is 18.7. The summed E-state index contributed by atoms with van der Waals surface area (Å²) in [5.74, 6) is -0.436. The van der Waals surface area contributed by atoms with E-state index in [1.165, 1.54) is 6.92 Å². The molecule has 57 heavy (non-hydrogen) atoms. The SMILES string of the molecule is [2H]c1c([2H])c([2H])c(-c2nc(-c3ccc4c(c3)C3(c5ccccc5-c5ccccc5-4)c4ccccc4-c4c3ccc3c4oc4ccccc43)nc(-c3c([2H])c([2H])c([2H])c(C)c3[2H])n2)c([2H])c1[2H]. The molecule has 1 spiro atoms. The number of rotatable bonds is 3. The van der Waals surface area contributed by atoms with Crippen molar-refractivity contribution in [3.63, 3.8) is 0 Å². The van der Waals surface area contributed by atoms with Gasteiger partial charge in [-0.2, -0.15) is 0 Å². The maximum Gasteiger partial charge on any atom is 0.164 e. The maximum atomic E-state index is 9.08. The van der Waals surface area contributed by atoms with Gasteiger partial charge in [-0.15, -0.1) is 0 Å². The van der Waals surface area contributed by atoms with Crippen LogP contribution in [0.5, 0.6) is 0 Å². The molecule has 2 aromatic heterocycles. The predicted octanol–water partition coefficient (Wildman–Crippen LogP) is 13.1. The third kappa shape index (κ3) is 4.53. The molecule has 0 aliphatic heterocycles. The highest BCUT2D eigenvalue weighted by atomic mass is 16.3. The van der Waals surface area contributed by atoms with Crippen molar-refractivity contribution in [1.29, 1.82) is 0 Å². The van der Waals surface area contributed by atoms with E-state index < -0.39 is 47.7 Å². The van der Waals surface area contributed by atoms with E-state index in [2.05, 4.69) is 77.8 Å². The largest absolute Gasteiger partial charge is 0.455 e. The van der Waals surface area contributed by atoms with Crippen LogP contribution in [0.1, 0.15) is 40.2 Å². The lowest BCUT2D eigenvalue weighted by Gasteiger charge is -2.35. The summed E-state index contributed by atoms with van der Waals surface area (Å²) in [7, 11) is 0. The standard InChI is InChI=1S/C53H33N3O/c1-32-14-13-17-34(30-32)51-54-50(33-15-3-2-4-16-33)55-52(56-51)35-26-27-39-37-19-6-5-18-36(37)38-20-7-10-23-43(38)53(46(39)31-35)44-24-11-8-22-42(44)48-45(53)29-28-41-40-21-9-12-25-47(40)57-49(41)48/h2-31H,1H3/i2D,3D,4D,13D,14D,15D,16D,17D,30D. The molecule has 4 nitrogen and oxygen atoms in total. The van der Waals surface area contributed by atoms with Crippen molar-refractivity contribution in [2.24, 2.45) is 0 Å². The number of nitrogens with zero attached hydrogens (tertiary/aromatic N) is 3. The molecule has 0 fully saturated rings. The van der Waals surface area contributed by atoms with E-state index in [1.807, 2.05) is 54.6 Å². The van der Waals surface area contributed by atoms with Crippen LogP contribution in [0.25, 0.3) is 89.5 Å². The molecule has 10 aromatic rings. The van der Waals surface area contributed by atoms with Gasteiger partial charge >= 0.3 is 0 Å². The number of aromatic nitrogens is 3. The predicted molar refractivity (Wildman–Crippen MR) is 230 cm³/mol. The Morgan fingerprint density at radius 2 is 1.09 bits per heavy atom. The summed E-state index contributed by atoms with van der Waals surface area (Å²) in [5, 5.41) is 2.02. The minimum atomic E-state index is -0.963. The van der Waals surface area contributed by atoms with Crippen molar-refractivity contribution in [1.82, 2.24) is 15.0 Å². The van der Waals surface area contributed by atoms with Crippen LogP contribution in [0.3, 0.4) is 0 Å². The van der Waals surface area contributed by atoms with E-state index in [-0.39, 0.29) is 46.2 Å². The van der Waals surface area contributed by atoms with Crippen molar-refractivity contribution in [2.75, 3.05) is 0 Å². The van der Waals surface area contributed by atoms with E-state index in [9.17, 15) is 0 Å². The first-order valence-electron chi connectivity index (χ1n) is 23.2. The maximum absolute atomic E-state index is 9.08. The molecule has 0 radical (unpaired) electrons. The van der Waals surface area contributed by atoms with Crippen LogP contribution in [0.2, 0.25) is 0 Å². The molecular formula is C53H33N3O. The van der Waals surface area contributed by atoms with Gasteiger partial charge in [-0.25, -0.2) is 15.0 Å². The topological polar surface area (TPSA) is 51.8 Å². The molecule has 266 valence electrons. The number of fused-ring (bicyclic) bond motifs is 16. The lowest BCUT2D eigenvalue weighted by atomic mass is 9.65. The second-order valence-corrected chi connectivity index (χ2v) is 14.4. The summed E-state index contributed by atoms with van der Waals surface area (Å²) in [5.41, 5.74) is 10.8. The Bertz CT molecular complexity index is 3660. The van der Waals surface area contributed by atoms with Gasteiger partial charge in [-0.1, -0.05) is 169 Å². The van der Waals surface area contributed by atoms with Crippen LogP contribution >= 0.6 is 0 Å². The smallest absolute Gasteiger partial charge is 0.164 e. The first-order chi connectivity index (χ1) is 31.9. The molecule has 12 rings (SSSR count). The molecule has 1 unspecified atom stereocenters. The van der Waals surface area contributed by atoms with Gasteiger partial charge < -0.3 is 4.42 Å². The van der Waals surface area contributed by atoms with Crippen molar-refractivity contribution in [3.05, 3.63) is 210 Å². The van der Waals surface area contributed by atoms with E-state index in [0.717, 1.165) is 77.6 Å². The minimum Gasteiger partial charge on any atom is -0.455 e. The van der Waals surface area contributed by atoms with Crippen LogP contribution in [0.4, 0.5) is 0 Å². The second-order valence-electron chi connectivity index (χ2n) is 14.4. The summed E-state index contributed by atoms with van der Waals surface area (Å²) < 4.78 is 85.1. The molecule has 2 aliphatic rings. The lowest BCUT2D eigenvalue weighted by Crippen LogP contribution is -2.29. The average molecular weight is 737 g/mol. The summed E-state index contributed by atoms with van der Waals surface area (Å²) in [6, 6.07) is 39.4. The first kappa shape index (κ1) is 24.2. The van der Waals surface area contributed by atoms with E-state index >= 15 is 0 Å². The molecular weight excluding hydrogens is 695 g/mol. The Morgan fingerprint density at radius 3 is 1.88 bits per heavy atom. The van der Waals surface area contributed by atoms with Crippen molar-refractivity contribution < 1.29 is 16.8 Å². The number of hydrogen-bond donors (Lipinski definition) is 0. The monoisotopic (exact) mass is 736 g/mol. The highest BCUT2D eigenvalue weighted by Gasteiger charge is 2.50. The van der Waals surface area contributed by atoms with E-state index in [1.54, 1.807) is 0 Å². The van der Waals surface area contributed by atoms with Crippen molar-refractivity contribution >= 4 is 21.9 Å². The molecule has 4 heteroatoms. The third-order valence-corrected chi connectivity index (χ3v) is 11.4. The summed E-state index contributed by atoms with van der Waals surface area (Å²) in [6.45, 7) is 1.52. The molecule has 8 aromatic carbocycles.